The third kappa shape index (κ3) is 2.70. The van der Waals surface area contributed by atoms with Gasteiger partial charge in [-0.2, -0.15) is 0 Å². The van der Waals surface area contributed by atoms with Gasteiger partial charge in [-0.3, -0.25) is 4.79 Å². The number of aliphatic hydroxyl groups excluding tert-OH is 1. The topological polar surface area (TPSA) is 40.5 Å². The number of nitrogens with zero attached hydrogens (tertiary/aromatic N) is 1. The van der Waals surface area contributed by atoms with Gasteiger partial charge in [-0.05, 0) is 43.4 Å². The molecule has 1 aromatic rings. The van der Waals surface area contributed by atoms with E-state index in [0.717, 1.165) is 18.4 Å². The zero-order chi connectivity index (χ0) is 13.3. The highest BCUT2D eigenvalue weighted by Gasteiger charge is 2.29. The fourth-order valence-electron chi connectivity index (χ4n) is 2.35. The number of benzene rings is 1. The maximum absolute atomic E-state index is 13.2. The average molecular weight is 251 g/mol. The van der Waals surface area contributed by atoms with E-state index in [2.05, 4.69) is 0 Å². The van der Waals surface area contributed by atoms with E-state index in [0.29, 0.717) is 18.0 Å². The van der Waals surface area contributed by atoms with Gasteiger partial charge >= 0.3 is 0 Å². The van der Waals surface area contributed by atoms with Crippen molar-refractivity contribution >= 4 is 5.91 Å². The second-order valence-electron chi connectivity index (χ2n) is 5.14. The molecule has 1 aliphatic rings. The van der Waals surface area contributed by atoms with E-state index >= 15 is 0 Å². The van der Waals surface area contributed by atoms with Gasteiger partial charge in [0.2, 0.25) is 0 Å². The molecule has 0 spiro atoms. The Labute approximate surface area is 106 Å². The Balaban J connectivity index is 2.03. The molecule has 2 rings (SSSR count). The Bertz CT molecular complexity index is 455. The molecule has 0 radical (unpaired) electrons. The zero-order valence-electron chi connectivity index (χ0n) is 10.7. The minimum atomic E-state index is -0.392. The first-order chi connectivity index (χ1) is 8.47. The van der Waals surface area contributed by atoms with Gasteiger partial charge in [0.15, 0.2) is 0 Å². The molecule has 1 fully saturated rings. The van der Waals surface area contributed by atoms with Crippen LogP contribution in [0, 0.1) is 18.7 Å². The number of hydrogen-bond donors (Lipinski definition) is 1. The summed E-state index contributed by atoms with van der Waals surface area (Å²) >= 11 is 0. The Hall–Kier alpha value is -1.42. The third-order valence-electron chi connectivity index (χ3n) is 3.52. The Morgan fingerprint density at radius 1 is 1.50 bits per heavy atom. The lowest BCUT2D eigenvalue weighted by Gasteiger charge is -2.34. The minimum Gasteiger partial charge on any atom is -0.393 e. The van der Waals surface area contributed by atoms with Crippen LogP contribution in [0.2, 0.25) is 0 Å². The van der Waals surface area contributed by atoms with Crippen LogP contribution < -0.4 is 0 Å². The van der Waals surface area contributed by atoms with Gasteiger partial charge in [0.25, 0.3) is 5.91 Å². The first-order valence-electron chi connectivity index (χ1n) is 6.17. The zero-order valence-corrected chi connectivity index (χ0v) is 10.7. The molecule has 0 bridgehead atoms. The number of carbonyl (C=O) groups is 1. The molecule has 1 amide bonds. The van der Waals surface area contributed by atoms with Crippen molar-refractivity contribution in [1.82, 2.24) is 4.90 Å². The summed E-state index contributed by atoms with van der Waals surface area (Å²) in [7, 11) is 1.72. The van der Waals surface area contributed by atoms with E-state index in [4.69, 9.17) is 0 Å². The van der Waals surface area contributed by atoms with Gasteiger partial charge in [0.1, 0.15) is 5.82 Å². The van der Waals surface area contributed by atoms with Crippen molar-refractivity contribution in [3.05, 3.63) is 35.1 Å². The number of rotatable bonds is 3. The van der Waals surface area contributed by atoms with Crippen LogP contribution in [0.3, 0.4) is 0 Å². The summed E-state index contributed by atoms with van der Waals surface area (Å²) in [6, 6.07) is 4.25. The number of aryl methyl sites for hydroxylation is 1. The van der Waals surface area contributed by atoms with E-state index in [9.17, 15) is 14.3 Å². The summed E-state index contributed by atoms with van der Waals surface area (Å²) in [6.07, 6.45) is 1.29. The highest BCUT2D eigenvalue weighted by atomic mass is 19.1. The van der Waals surface area contributed by atoms with Crippen LogP contribution in [0.25, 0.3) is 0 Å². The maximum Gasteiger partial charge on any atom is 0.253 e. The summed E-state index contributed by atoms with van der Waals surface area (Å²) < 4.78 is 13.2. The largest absolute Gasteiger partial charge is 0.393 e. The molecule has 0 aromatic heterocycles. The standard InChI is InChI=1S/C14H18FNO2/c1-9-3-4-11(15)7-13(9)14(18)16(2)8-10-5-12(17)6-10/h3-4,7,10,12,17H,5-6,8H2,1-2H3. The molecule has 3 nitrogen and oxygen atoms in total. The van der Waals surface area contributed by atoms with Crippen LogP contribution >= 0.6 is 0 Å². The summed E-state index contributed by atoms with van der Waals surface area (Å²) in [5, 5.41) is 9.21. The second-order valence-corrected chi connectivity index (χ2v) is 5.14. The van der Waals surface area contributed by atoms with Crippen molar-refractivity contribution in [2.45, 2.75) is 25.9 Å². The lowest BCUT2D eigenvalue weighted by Crippen LogP contribution is -2.39. The second kappa shape index (κ2) is 5.06. The Kier molecular flexibility index (Phi) is 3.66. The fraction of sp³-hybridized carbons (Fsp3) is 0.500. The summed E-state index contributed by atoms with van der Waals surface area (Å²) in [6.45, 7) is 2.42. The lowest BCUT2D eigenvalue weighted by molar-refractivity contribution is 0.0265. The van der Waals surface area contributed by atoms with Crippen molar-refractivity contribution in [3.8, 4) is 0 Å². The predicted octanol–water partition coefficient (Wildman–Crippen LogP) is 1.98. The summed E-state index contributed by atoms with van der Waals surface area (Å²) in [5.74, 6) is -0.187. The van der Waals surface area contributed by atoms with Gasteiger partial charge < -0.3 is 10.0 Å². The number of aliphatic hydroxyl groups is 1. The first-order valence-corrected chi connectivity index (χ1v) is 6.17. The smallest absolute Gasteiger partial charge is 0.253 e. The molecule has 0 unspecified atom stereocenters. The SMILES string of the molecule is Cc1ccc(F)cc1C(=O)N(C)CC1CC(O)C1. The number of carbonyl (C=O) groups excluding carboxylic acids is 1. The van der Waals surface area contributed by atoms with Crippen LogP contribution in [0.15, 0.2) is 18.2 Å². The Morgan fingerprint density at radius 2 is 2.17 bits per heavy atom. The van der Waals surface area contributed by atoms with Crippen LogP contribution in [0.4, 0.5) is 4.39 Å². The molecule has 0 atom stereocenters. The van der Waals surface area contributed by atoms with E-state index in [1.165, 1.54) is 12.1 Å². The minimum absolute atomic E-state index is 0.159. The van der Waals surface area contributed by atoms with E-state index < -0.39 is 5.82 Å². The third-order valence-corrected chi connectivity index (χ3v) is 3.52. The molecule has 18 heavy (non-hydrogen) atoms. The van der Waals surface area contributed by atoms with Gasteiger partial charge in [-0.1, -0.05) is 6.07 Å². The molecular formula is C14H18FNO2. The molecule has 0 heterocycles. The van der Waals surface area contributed by atoms with Crippen LogP contribution in [0.5, 0.6) is 0 Å². The van der Waals surface area contributed by atoms with Crippen molar-refractivity contribution < 1.29 is 14.3 Å². The quantitative estimate of drug-likeness (QED) is 0.892. The summed E-state index contributed by atoms with van der Waals surface area (Å²) in [5.41, 5.74) is 1.19. The fourth-order valence-corrected chi connectivity index (χ4v) is 2.35. The Morgan fingerprint density at radius 3 is 2.78 bits per heavy atom. The lowest BCUT2D eigenvalue weighted by atomic mass is 9.82. The summed E-state index contributed by atoms with van der Waals surface area (Å²) in [4.78, 5) is 13.8. The normalized spacial score (nSPS) is 22.4. The number of amides is 1. The first kappa shape index (κ1) is 13.0. The molecule has 1 N–H and O–H groups in total. The molecule has 0 saturated heterocycles. The van der Waals surface area contributed by atoms with Gasteiger partial charge in [0.05, 0.1) is 6.10 Å². The van der Waals surface area contributed by atoms with Crippen molar-refractivity contribution in [2.24, 2.45) is 5.92 Å². The molecule has 4 heteroatoms. The van der Waals surface area contributed by atoms with Crippen LogP contribution in [-0.4, -0.2) is 35.6 Å². The molecule has 98 valence electrons. The van der Waals surface area contributed by atoms with E-state index in [1.54, 1.807) is 24.9 Å². The molecule has 1 aromatic carbocycles. The van der Waals surface area contributed by atoms with Gasteiger partial charge in [0, 0.05) is 19.2 Å². The van der Waals surface area contributed by atoms with Crippen molar-refractivity contribution in [1.29, 1.82) is 0 Å². The van der Waals surface area contributed by atoms with E-state index in [1.807, 2.05) is 0 Å². The highest BCUT2D eigenvalue weighted by molar-refractivity contribution is 5.95. The number of halogens is 1. The van der Waals surface area contributed by atoms with Gasteiger partial charge in [-0.25, -0.2) is 4.39 Å². The number of hydrogen-bond acceptors (Lipinski definition) is 2. The highest BCUT2D eigenvalue weighted by Crippen LogP contribution is 2.28. The molecule has 0 aliphatic heterocycles. The van der Waals surface area contributed by atoms with Crippen LogP contribution in [0.1, 0.15) is 28.8 Å². The van der Waals surface area contributed by atoms with Crippen LogP contribution in [-0.2, 0) is 0 Å². The van der Waals surface area contributed by atoms with Gasteiger partial charge in [-0.15, -0.1) is 0 Å². The predicted molar refractivity (Wildman–Crippen MR) is 66.8 cm³/mol. The van der Waals surface area contributed by atoms with Crippen molar-refractivity contribution in [2.75, 3.05) is 13.6 Å². The molecule has 1 saturated carbocycles. The van der Waals surface area contributed by atoms with E-state index in [-0.39, 0.29) is 12.0 Å². The molecule has 1 aliphatic carbocycles. The average Bonchev–Trinajstić information content (AvgIpc) is 2.29. The monoisotopic (exact) mass is 251 g/mol. The maximum atomic E-state index is 13.2. The molecular weight excluding hydrogens is 233 g/mol. The van der Waals surface area contributed by atoms with Crippen molar-refractivity contribution in [3.63, 3.8) is 0 Å².